The van der Waals surface area contributed by atoms with Gasteiger partial charge in [-0.2, -0.15) is 11.8 Å². The molecule has 1 N–H and O–H groups in total. The molecule has 0 radical (unpaired) electrons. The van der Waals surface area contributed by atoms with Gasteiger partial charge >= 0.3 is 0 Å². The molecule has 0 aromatic rings. The number of alkyl halides is 2. The Bertz CT molecular complexity index is 690. The Morgan fingerprint density at radius 3 is 2.72 bits per heavy atom. The van der Waals surface area contributed by atoms with Gasteiger partial charge in [0.1, 0.15) is 11.8 Å². The lowest BCUT2D eigenvalue weighted by molar-refractivity contribution is -0.137. The van der Waals surface area contributed by atoms with Crippen LogP contribution in [0, 0.1) is 34.5 Å². The van der Waals surface area contributed by atoms with Crippen molar-refractivity contribution in [3.63, 3.8) is 0 Å². The van der Waals surface area contributed by atoms with Crippen LogP contribution in [-0.2, 0) is 0 Å². The molecule has 0 aliphatic heterocycles. The topological polar surface area (TPSA) is 20.2 Å². The quantitative estimate of drug-likeness (QED) is 0.400. The normalized spacial score (nSPS) is 49.8. The Morgan fingerprint density at radius 2 is 2.00 bits per heavy atom. The number of fused-ring (bicyclic) bond motifs is 5. The number of halogens is 2. The zero-order valence-electron chi connectivity index (χ0n) is 18.5. The van der Waals surface area contributed by atoms with E-state index in [-0.39, 0.29) is 23.4 Å². The van der Waals surface area contributed by atoms with Crippen molar-refractivity contribution in [3.8, 4) is 0 Å². The summed E-state index contributed by atoms with van der Waals surface area (Å²) in [5.74, 6) is 3.05. The minimum absolute atomic E-state index is 0.112. The largest absolute Gasteiger partial charge is 0.393 e. The van der Waals surface area contributed by atoms with Gasteiger partial charge in [0.15, 0.2) is 0 Å². The molecule has 164 valence electrons. The standard InChI is InChI=1S/C25H38F2OS/c1-16-13-20-21-14-22(26)19-7-5-6-9-24(19,4)25(21,27)11-10-23(20,3)18(16)8-12-29-15-17(2)28/h6-7,9,16-18,20-22,28H,5,8,10-15H2,1-4H3/t16-,17?,18+,20+,21+,22?,23-,24+,25-/m1/s1. The van der Waals surface area contributed by atoms with E-state index in [1.165, 1.54) is 0 Å². The highest BCUT2D eigenvalue weighted by atomic mass is 32.2. The highest BCUT2D eigenvalue weighted by Gasteiger charge is 2.68. The minimum atomic E-state index is -1.32. The summed E-state index contributed by atoms with van der Waals surface area (Å²) in [7, 11) is 0. The fourth-order valence-electron chi connectivity index (χ4n) is 7.77. The van der Waals surface area contributed by atoms with Gasteiger partial charge in [-0.05, 0) is 86.9 Å². The average Bonchev–Trinajstić information content (AvgIpc) is 2.91. The van der Waals surface area contributed by atoms with Crippen LogP contribution in [0.1, 0.15) is 66.2 Å². The average molecular weight is 425 g/mol. The van der Waals surface area contributed by atoms with Crippen LogP contribution in [-0.4, -0.2) is 34.6 Å². The molecule has 0 aromatic heterocycles. The molecule has 9 atom stereocenters. The van der Waals surface area contributed by atoms with E-state index in [9.17, 15) is 5.11 Å². The second kappa shape index (κ2) is 7.65. The fraction of sp³-hybridized carbons (Fsp3) is 0.840. The number of hydrogen-bond acceptors (Lipinski definition) is 2. The highest BCUT2D eigenvalue weighted by Crippen LogP contribution is 2.70. The molecule has 0 aromatic carbocycles. The summed E-state index contributed by atoms with van der Waals surface area (Å²) >= 11 is 1.82. The van der Waals surface area contributed by atoms with Gasteiger partial charge < -0.3 is 5.11 Å². The molecule has 4 aliphatic carbocycles. The van der Waals surface area contributed by atoms with Crippen molar-refractivity contribution in [2.45, 2.75) is 84.2 Å². The fourth-order valence-corrected chi connectivity index (χ4v) is 8.70. The first-order valence-corrected chi connectivity index (χ1v) is 12.8. The molecule has 3 fully saturated rings. The van der Waals surface area contributed by atoms with E-state index >= 15 is 8.78 Å². The maximum Gasteiger partial charge on any atom is 0.126 e. The van der Waals surface area contributed by atoms with E-state index < -0.39 is 17.3 Å². The van der Waals surface area contributed by atoms with Gasteiger partial charge in [-0.25, -0.2) is 8.78 Å². The number of thioether (sulfide) groups is 1. The first-order chi connectivity index (χ1) is 13.6. The third-order valence-electron chi connectivity index (χ3n) is 9.23. The lowest BCUT2D eigenvalue weighted by Crippen LogP contribution is -2.61. The minimum Gasteiger partial charge on any atom is -0.393 e. The maximum absolute atomic E-state index is 16.9. The van der Waals surface area contributed by atoms with Crippen LogP contribution in [0.15, 0.2) is 23.8 Å². The lowest BCUT2D eigenvalue weighted by Gasteiger charge is -2.61. The van der Waals surface area contributed by atoms with E-state index in [4.69, 9.17) is 0 Å². The van der Waals surface area contributed by atoms with Crippen LogP contribution < -0.4 is 0 Å². The van der Waals surface area contributed by atoms with E-state index in [0.717, 1.165) is 37.2 Å². The first kappa shape index (κ1) is 21.9. The van der Waals surface area contributed by atoms with Gasteiger partial charge in [0.25, 0.3) is 0 Å². The van der Waals surface area contributed by atoms with E-state index in [1.54, 1.807) is 0 Å². The summed E-state index contributed by atoms with van der Waals surface area (Å²) in [5, 5.41) is 9.53. The summed E-state index contributed by atoms with van der Waals surface area (Å²) < 4.78 is 32.2. The predicted octanol–water partition coefficient (Wildman–Crippen LogP) is 6.52. The van der Waals surface area contributed by atoms with Gasteiger partial charge in [0.05, 0.1) is 6.10 Å². The summed E-state index contributed by atoms with van der Waals surface area (Å²) in [6.45, 7) is 8.50. The Balaban J connectivity index is 1.58. The Hall–Kier alpha value is -0.350. The monoisotopic (exact) mass is 424 g/mol. The third kappa shape index (κ3) is 3.26. The molecule has 0 amide bonds. The first-order valence-electron chi connectivity index (χ1n) is 11.6. The van der Waals surface area contributed by atoms with Crippen molar-refractivity contribution in [2.24, 2.45) is 34.5 Å². The molecule has 0 saturated heterocycles. The predicted molar refractivity (Wildman–Crippen MR) is 119 cm³/mol. The van der Waals surface area contributed by atoms with E-state index in [1.807, 2.05) is 43.8 Å². The molecule has 29 heavy (non-hydrogen) atoms. The van der Waals surface area contributed by atoms with E-state index in [2.05, 4.69) is 13.8 Å². The van der Waals surface area contributed by atoms with Crippen LogP contribution in [0.2, 0.25) is 0 Å². The van der Waals surface area contributed by atoms with Crippen LogP contribution in [0.5, 0.6) is 0 Å². The van der Waals surface area contributed by atoms with Crippen LogP contribution >= 0.6 is 11.8 Å². The summed E-state index contributed by atoms with van der Waals surface area (Å²) in [6.07, 6.45) is 9.43. The summed E-state index contributed by atoms with van der Waals surface area (Å²) in [6, 6.07) is 0. The zero-order valence-corrected chi connectivity index (χ0v) is 19.3. The van der Waals surface area contributed by atoms with Crippen molar-refractivity contribution in [2.75, 3.05) is 11.5 Å². The number of aliphatic hydroxyl groups is 1. The SMILES string of the molecule is CC(O)CSCC[C@H]1[C@H](C)C[C@H]2[C@@H]3CC(F)C4=CCC=C[C@]4(C)[C@@]3(F)CC[C@]12C. The molecule has 4 heteroatoms. The van der Waals surface area contributed by atoms with Gasteiger partial charge in [-0.1, -0.05) is 32.1 Å². The number of allylic oxidation sites excluding steroid dienone is 4. The van der Waals surface area contributed by atoms with Gasteiger partial charge in [-0.3, -0.25) is 0 Å². The zero-order chi connectivity index (χ0) is 21.0. The van der Waals surface area contributed by atoms with Gasteiger partial charge in [0, 0.05) is 17.1 Å². The molecule has 0 spiro atoms. The smallest absolute Gasteiger partial charge is 0.126 e. The molecule has 4 rings (SSSR count). The van der Waals surface area contributed by atoms with Crippen LogP contribution in [0.25, 0.3) is 0 Å². The molecule has 3 saturated carbocycles. The molecule has 0 bridgehead atoms. The highest BCUT2D eigenvalue weighted by molar-refractivity contribution is 7.99. The Kier molecular flexibility index (Phi) is 5.77. The summed E-state index contributed by atoms with van der Waals surface area (Å²) in [5.41, 5.74) is -1.28. The van der Waals surface area contributed by atoms with Crippen molar-refractivity contribution >= 4 is 11.8 Å². The molecule has 0 heterocycles. The van der Waals surface area contributed by atoms with Crippen LogP contribution in [0.4, 0.5) is 8.78 Å². The third-order valence-corrected chi connectivity index (χ3v) is 10.5. The number of hydrogen-bond donors (Lipinski definition) is 1. The van der Waals surface area contributed by atoms with Crippen molar-refractivity contribution < 1.29 is 13.9 Å². The van der Waals surface area contributed by atoms with Crippen molar-refractivity contribution in [1.29, 1.82) is 0 Å². The van der Waals surface area contributed by atoms with Crippen LogP contribution in [0.3, 0.4) is 0 Å². The lowest BCUT2D eigenvalue weighted by atomic mass is 9.46. The second-order valence-corrected chi connectivity index (χ2v) is 12.0. The maximum atomic E-state index is 16.9. The Morgan fingerprint density at radius 1 is 1.24 bits per heavy atom. The van der Waals surface area contributed by atoms with Gasteiger partial charge in [-0.15, -0.1) is 0 Å². The Labute approximate surface area is 179 Å². The second-order valence-electron chi connectivity index (χ2n) is 10.8. The molecule has 4 aliphatic rings. The molecular weight excluding hydrogens is 386 g/mol. The summed E-state index contributed by atoms with van der Waals surface area (Å²) in [4.78, 5) is 0. The molecule has 1 nitrogen and oxygen atoms in total. The molecule has 2 unspecified atom stereocenters. The van der Waals surface area contributed by atoms with Gasteiger partial charge in [0.2, 0.25) is 0 Å². The van der Waals surface area contributed by atoms with Crippen molar-refractivity contribution in [3.05, 3.63) is 23.8 Å². The number of rotatable bonds is 5. The van der Waals surface area contributed by atoms with E-state index in [0.29, 0.717) is 30.3 Å². The number of aliphatic hydroxyl groups excluding tert-OH is 1. The molecular formula is C25H38F2OS. The van der Waals surface area contributed by atoms with Crippen molar-refractivity contribution in [1.82, 2.24) is 0 Å².